The van der Waals surface area contributed by atoms with E-state index in [0.717, 1.165) is 37.8 Å². The molecule has 0 unspecified atom stereocenters. The van der Waals surface area contributed by atoms with Crippen molar-refractivity contribution in [3.8, 4) is 0 Å². The first-order valence-electron chi connectivity index (χ1n) is 9.05. The van der Waals surface area contributed by atoms with E-state index in [1.165, 1.54) is 0 Å². The van der Waals surface area contributed by atoms with E-state index in [-0.39, 0.29) is 17.2 Å². The number of hydrogen-bond donors (Lipinski definition) is 0. The maximum atomic E-state index is 12.9. The summed E-state index contributed by atoms with van der Waals surface area (Å²) in [5.74, 6) is 0.269. The van der Waals surface area contributed by atoms with Gasteiger partial charge in [0.2, 0.25) is 5.91 Å². The Balaban J connectivity index is 1.66. The SMILES string of the molecule is COCCN1CC[C@@]2(CCCN(C(=O)c3cncc(C)c3)CC2)C1=O. The fourth-order valence-corrected chi connectivity index (χ4v) is 4.02. The van der Waals surface area contributed by atoms with E-state index in [1.54, 1.807) is 19.5 Å². The molecular weight excluding hydrogens is 318 g/mol. The van der Waals surface area contributed by atoms with E-state index in [1.807, 2.05) is 22.8 Å². The normalized spacial score (nSPS) is 24.0. The van der Waals surface area contributed by atoms with Crippen molar-refractivity contribution in [1.82, 2.24) is 14.8 Å². The molecule has 0 bridgehead atoms. The average Bonchev–Trinajstić information content (AvgIpc) is 2.79. The third-order valence-electron chi connectivity index (χ3n) is 5.52. The number of amides is 2. The van der Waals surface area contributed by atoms with Crippen LogP contribution in [0.25, 0.3) is 0 Å². The van der Waals surface area contributed by atoms with E-state index in [0.29, 0.717) is 31.8 Å². The average molecular weight is 345 g/mol. The summed E-state index contributed by atoms with van der Waals surface area (Å²) in [6.07, 6.45) is 6.76. The van der Waals surface area contributed by atoms with Gasteiger partial charge in [0.15, 0.2) is 0 Å². The number of carbonyl (C=O) groups excluding carboxylic acids is 2. The van der Waals surface area contributed by atoms with Crippen LogP contribution in [-0.2, 0) is 9.53 Å². The van der Waals surface area contributed by atoms with Gasteiger partial charge in [0, 0.05) is 45.7 Å². The molecule has 0 aromatic carbocycles. The highest BCUT2D eigenvalue weighted by atomic mass is 16.5. The summed E-state index contributed by atoms with van der Waals surface area (Å²) in [6, 6.07) is 1.88. The Morgan fingerprint density at radius 3 is 2.80 bits per heavy atom. The molecule has 1 aromatic rings. The number of ether oxygens (including phenoxy) is 1. The van der Waals surface area contributed by atoms with Crippen LogP contribution >= 0.6 is 0 Å². The van der Waals surface area contributed by atoms with Crippen LogP contribution < -0.4 is 0 Å². The molecule has 1 spiro atoms. The van der Waals surface area contributed by atoms with Crippen LogP contribution in [-0.4, -0.2) is 66.5 Å². The van der Waals surface area contributed by atoms with Crippen LogP contribution in [0.4, 0.5) is 0 Å². The Labute approximate surface area is 149 Å². The van der Waals surface area contributed by atoms with Crippen molar-refractivity contribution in [2.45, 2.75) is 32.6 Å². The number of aromatic nitrogens is 1. The van der Waals surface area contributed by atoms with Crippen LogP contribution in [0.5, 0.6) is 0 Å². The Morgan fingerprint density at radius 2 is 2.04 bits per heavy atom. The van der Waals surface area contributed by atoms with Gasteiger partial charge in [0.05, 0.1) is 17.6 Å². The predicted octanol–water partition coefficient (Wildman–Crippen LogP) is 1.88. The van der Waals surface area contributed by atoms with Crippen molar-refractivity contribution < 1.29 is 14.3 Å². The molecule has 0 radical (unpaired) electrons. The van der Waals surface area contributed by atoms with E-state index >= 15 is 0 Å². The number of likely N-dealkylation sites (tertiary alicyclic amines) is 2. The highest BCUT2D eigenvalue weighted by Crippen LogP contribution is 2.41. The topological polar surface area (TPSA) is 62.7 Å². The fourth-order valence-electron chi connectivity index (χ4n) is 4.02. The minimum atomic E-state index is -0.284. The van der Waals surface area contributed by atoms with Crippen LogP contribution in [0.3, 0.4) is 0 Å². The van der Waals surface area contributed by atoms with Crippen LogP contribution in [0.1, 0.15) is 41.6 Å². The lowest BCUT2D eigenvalue weighted by Gasteiger charge is -2.26. The van der Waals surface area contributed by atoms with Gasteiger partial charge in [-0.05, 0) is 44.2 Å². The van der Waals surface area contributed by atoms with Gasteiger partial charge in [-0.15, -0.1) is 0 Å². The highest BCUT2D eigenvalue weighted by molar-refractivity contribution is 5.94. The Bertz CT molecular complexity index is 649. The standard InChI is InChI=1S/C19H27N3O3/c1-15-12-16(14-20-13-15)17(23)21-7-3-4-19(5-8-21)6-9-22(18(19)24)10-11-25-2/h12-14H,3-11H2,1-2H3/t19-/m0/s1. The number of nitrogens with zero attached hydrogens (tertiary/aromatic N) is 3. The smallest absolute Gasteiger partial charge is 0.255 e. The largest absolute Gasteiger partial charge is 0.383 e. The molecule has 2 saturated heterocycles. The van der Waals surface area contributed by atoms with Gasteiger partial charge in [-0.2, -0.15) is 0 Å². The molecule has 6 heteroatoms. The number of pyridine rings is 1. The zero-order valence-corrected chi connectivity index (χ0v) is 15.2. The molecule has 0 N–H and O–H groups in total. The Kier molecular flexibility index (Phi) is 5.37. The second kappa shape index (κ2) is 7.52. The van der Waals surface area contributed by atoms with Crippen LogP contribution in [0.15, 0.2) is 18.5 Å². The number of methoxy groups -OCH3 is 1. The molecule has 3 heterocycles. The van der Waals surface area contributed by atoms with Gasteiger partial charge in [0.1, 0.15) is 0 Å². The molecular formula is C19H27N3O3. The molecule has 0 aliphatic carbocycles. The molecule has 2 aliphatic heterocycles. The van der Waals surface area contributed by atoms with Gasteiger partial charge in [0.25, 0.3) is 5.91 Å². The lowest BCUT2D eigenvalue weighted by molar-refractivity contribution is -0.137. The number of carbonyl (C=O) groups is 2. The summed E-state index contributed by atoms with van der Waals surface area (Å²) >= 11 is 0. The molecule has 2 fully saturated rings. The molecule has 2 amide bonds. The monoisotopic (exact) mass is 345 g/mol. The lowest BCUT2D eigenvalue weighted by Crippen LogP contribution is -2.37. The zero-order valence-electron chi connectivity index (χ0n) is 15.2. The van der Waals surface area contributed by atoms with Crippen molar-refractivity contribution in [1.29, 1.82) is 0 Å². The number of hydrogen-bond acceptors (Lipinski definition) is 4. The van der Waals surface area contributed by atoms with E-state index in [9.17, 15) is 9.59 Å². The minimum Gasteiger partial charge on any atom is -0.383 e. The Morgan fingerprint density at radius 1 is 1.24 bits per heavy atom. The maximum absolute atomic E-state index is 12.9. The fraction of sp³-hybridized carbons (Fsp3) is 0.632. The van der Waals surface area contributed by atoms with Gasteiger partial charge in [-0.3, -0.25) is 14.6 Å². The summed E-state index contributed by atoms with van der Waals surface area (Å²) < 4.78 is 5.11. The van der Waals surface area contributed by atoms with Crippen molar-refractivity contribution in [3.05, 3.63) is 29.6 Å². The summed E-state index contributed by atoms with van der Waals surface area (Å²) in [6.45, 7) is 5.32. The molecule has 1 atom stereocenters. The third-order valence-corrected chi connectivity index (χ3v) is 5.52. The first-order valence-corrected chi connectivity index (χ1v) is 9.05. The maximum Gasteiger partial charge on any atom is 0.255 e. The zero-order chi connectivity index (χ0) is 17.9. The molecule has 0 saturated carbocycles. The van der Waals surface area contributed by atoms with Crippen LogP contribution in [0.2, 0.25) is 0 Å². The van der Waals surface area contributed by atoms with E-state index in [2.05, 4.69) is 4.98 Å². The first kappa shape index (κ1) is 17.9. The molecule has 2 aliphatic rings. The quantitative estimate of drug-likeness (QED) is 0.836. The summed E-state index contributed by atoms with van der Waals surface area (Å²) in [5, 5.41) is 0. The summed E-state index contributed by atoms with van der Waals surface area (Å²) in [4.78, 5) is 33.6. The molecule has 1 aromatic heterocycles. The van der Waals surface area contributed by atoms with E-state index < -0.39 is 0 Å². The van der Waals surface area contributed by atoms with Crippen molar-refractivity contribution in [2.75, 3.05) is 39.9 Å². The summed E-state index contributed by atoms with van der Waals surface area (Å²) in [7, 11) is 1.66. The van der Waals surface area contributed by atoms with Crippen LogP contribution in [0, 0.1) is 12.3 Å². The number of aryl methyl sites for hydroxylation is 1. The molecule has 3 rings (SSSR count). The van der Waals surface area contributed by atoms with E-state index in [4.69, 9.17) is 4.74 Å². The van der Waals surface area contributed by atoms with Crippen molar-refractivity contribution >= 4 is 11.8 Å². The lowest BCUT2D eigenvalue weighted by atomic mass is 9.79. The number of rotatable bonds is 4. The highest BCUT2D eigenvalue weighted by Gasteiger charge is 2.47. The first-order chi connectivity index (χ1) is 12.1. The minimum absolute atomic E-state index is 0.0231. The van der Waals surface area contributed by atoms with Gasteiger partial charge < -0.3 is 14.5 Å². The van der Waals surface area contributed by atoms with Crippen molar-refractivity contribution in [2.24, 2.45) is 5.41 Å². The van der Waals surface area contributed by atoms with Crippen molar-refractivity contribution in [3.63, 3.8) is 0 Å². The molecule has 136 valence electrons. The predicted molar refractivity (Wildman–Crippen MR) is 94.2 cm³/mol. The Hall–Kier alpha value is -1.95. The summed E-state index contributed by atoms with van der Waals surface area (Å²) in [5.41, 5.74) is 1.33. The van der Waals surface area contributed by atoms with Gasteiger partial charge >= 0.3 is 0 Å². The second-order valence-corrected chi connectivity index (χ2v) is 7.21. The molecule has 25 heavy (non-hydrogen) atoms. The second-order valence-electron chi connectivity index (χ2n) is 7.21. The molecule has 6 nitrogen and oxygen atoms in total. The third kappa shape index (κ3) is 3.68. The van der Waals surface area contributed by atoms with Gasteiger partial charge in [-0.1, -0.05) is 0 Å². The van der Waals surface area contributed by atoms with Gasteiger partial charge in [-0.25, -0.2) is 0 Å².